The number of aromatic nitrogens is 3. The Bertz CT molecular complexity index is 1180. The number of amides is 2. The third kappa shape index (κ3) is 4.52. The van der Waals surface area contributed by atoms with E-state index in [1.807, 2.05) is 6.07 Å². The molecule has 0 spiro atoms. The van der Waals surface area contributed by atoms with Crippen molar-refractivity contribution in [3.8, 4) is 6.07 Å². The van der Waals surface area contributed by atoms with Crippen molar-refractivity contribution >= 4 is 38.9 Å². The predicted octanol–water partition coefficient (Wildman–Crippen LogP) is 1.28. The summed E-state index contributed by atoms with van der Waals surface area (Å²) in [5, 5.41) is 25.0. The summed E-state index contributed by atoms with van der Waals surface area (Å²) >= 11 is 0. The van der Waals surface area contributed by atoms with Crippen molar-refractivity contribution in [2.24, 2.45) is 10.3 Å². The predicted molar refractivity (Wildman–Crippen MR) is 110 cm³/mol. The van der Waals surface area contributed by atoms with E-state index in [1.54, 1.807) is 0 Å². The van der Waals surface area contributed by atoms with E-state index in [0.29, 0.717) is 0 Å². The highest BCUT2D eigenvalue weighted by Crippen LogP contribution is 2.31. The second-order valence-corrected chi connectivity index (χ2v) is 9.04. The molecule has 0 aliphatic heterocycles. The Kier molecular flexibility index (Phi) is 5.93. The third-order valence-electron chi connectivity index (χ3n) is 4.43. The first-order valence-corrected chi connectivity index (χ1v) is 10.9. The van der Waals surface area contributed by atoms with Gasteiger partial charge in [-0.05, 0) is 18.9 Å². The first-order valence-electron chi connectivity index (χ1n) is 8.97. The van der Waals surface area contributed by atoms with Crippen LogP contribution in [-0.2, 0) is 14.5 Å². The molecule has 0 saturated heterocycles. The summed E-state index contributed by atoms with van der Waals surface area (Å²) in [7, 11) is -0.0151. The maximum Gasteiger partial charge on any atom is 0.273 e. The molecule has 1 fully saturated rings. The third-order valence-corrected chi connectivity index (χ3v) is 6.25. The second kappa shape index (κ2) is 8.42. The van der Waals surface area contributed by atoms with Crippen molar-refractivity contribution < 1.29 is 13.8 Å². The maximum absolute atomic E-state index is 12.9. The number of nitriles is 1. The molecule has 1 saturated carbocycles. The number of nitrogens with zero attached hydrogens (tertiary/aromatic N) is 5. The van der Waals surface area contributed by atoms with Crippen LogP contribution in [0.4, 0.5) is 17.3 Å². The minimum absolute atomic E-state index is 0.0374. The van der Waals surface area contributed by atoms with Gasteiger partial charge in [0.25, 0.3) is 5.91 Å². The monoisotopic (exact) mass is 428 g/mol. The van der Waals surface area contributed by atoms with Crippen molar-refractivity contribution in [3.63, 3.8) is 0 Å². The standard InChI is InChI=1S/C18H20N8O3S/c1-20-18(28)15-12(7-14(25-26-15)24-17(27)11-4-5-11)23-16-13(30(3,29)21-2)6-10(8-19)9-22-16/h6-7,9,11H,4-5H2,1-3H3,(H,20,28)(H2,22,23,24,25,27). The summed E-state index contributed by atoms with van der Waals surface area (Å²) in [5.41, 5.74) is 0.362. The zero-order valence-electron chi connectivity index (χ0n) is 16.6. The van der Waals surface area contributed by atoms with Crippen LogP contribution in [0.2, 0.25) is 0 Å². The molecular formula is C18H20N8O3S. The highest BCUT2D eigenvalue weighted by atomic mass is 32.2. The van der Waals surface area contributed by atoms with Gasteiger partial charge in [-0.3, -0.25) is 9.59 Å². The molecule has 3 rings (SSSR count). The normalized spacial score (nSPS) is 14.7. The summed E-state index contributed by atoms with van der Waals surface area (Å²) in [5.74, 6) is -0.414. The average molecular weight is 428 g/mol. The van der Waals surface area contributed by atoms with Gasteiger partial charge >= 0.3 is 0 Å². The number of hydrogen-bond donors (Lipinski definition) is 3. The highest BCUT2D eigenvalue weighted by Gasteiger charge is 2.30. The van der Waals surface area contributed by atoms with E-state index in [0.717, 1.165) is 12.8 Å². The van der Waals surface area contributed by atoms with Gasteiger partial charge in [0.15, 0.2) is 11.5 Å². The minimum atomic E-state index is -2.86. The van der Waals surface area contributed by atoms with Crippen LogP contribution in [0.5, 0.6) is 0 Å². The lowest BCUT2D eigenvalue weighted by atomic mass is 10.2. The van der Waals surface area contributed by atoms with Crippen molar-refractivity contribution in [1.82, 2.24) is 20.5 Å². The number of carbonyl (C=O) groups excluding carboxylic acids is 2. The molecule has 1 aliphatic rings. The number of anilines is 3. The molecule has 0 bridgehead atoms. The Morgan fingerprint density at radius 3 is 2.63 bits per heavy atom. The smallest absolute Gasteiger partial charge is 0.273 e. The molecule has 30 heavy (non-hydrogen) atoms. The number of carbonyl (C=O) groups is 2. The molecule has 156 valence electrons. The molecule has 0 radical (unpaired) electrons. The Morgan fingerprint density at radius 2 is 2.03 bits per heavy atom. The van der Waals surface area contributed by atoms with Crippen LogP contribution in [0.25, 0.3) is 0 Å². The van der Waals surface area contributed by atoms with Crippen molar-refractivity contribution in [1.29, 1.82) is 5.26 Å². The molecule has 12 heteroatoms. The molecule has 3 N–H and O–H groups in total. The highest BCUT2D eigenvalue weighted by molar-refractivity contribution is 7.93. The fourth-order valence-corrected chi connectivity index (χ4v) is 3.53. The van der Waals surface area contributed by atoms with E-state index in [-0.39, 0.29) is 45.3 Å². The van der Waals surface area contributed by atoms with Crippen LogP contribution < -0.4 is 16.0 Å². The van der Waals surface area contributed by atoms with Gasteiger partial charge in [-0.25, -0.2) is 13.6 Å². The summed E-state index contributed by atoms with van der Waals surface area (Å²) in [4.78, 5) is 28.7. The SMILES string of the molecule is CN=S(C)(=O)c1cc(C#N)cnc1Nc1cc(NC(=O)C2CC2)nnc1C(=O)NC. The molecule has 0 aromatic carbocycles. The zero-order valence-corrected chi connectivity index (χ0v) is 17.4. The number of hydrogen-bond acceptors (Lipinski definition) is 9. The van der Waals surface area contributed by atoms with E-state index in [1.165, 1.54) is 38.7 Å². The lowest BCUT2D eigenvalue weighted by Crippen LogP contribution is -2.23. The Labute approximate surface area is 173 Å². The molecule has 1 aliphatic carbocycles. The van der Waals surface area contributed by atoms with Crippen LogP contribution in [0.15, 0.2) is 27.6 Å². The van der Waals surface area contributed by atoms with E-state index in [9.17, 15) is 13.8 Å². The first-order chi connectivity index (χ1) is 14.3. The lowest BCUT2D eigenvalue weighted by Gasteiger charge is -2.15. The van der Waals surface area contributed by atoms with E-state index in [4.69, 9.17) is 5.26 Å². The van der Waals surface area contributed by atoms with Gasteiger partial charge in [0.1, 0.15) is 11.9 Å². The molecular weight excluding hydrogens is 408 g/mol. The zero-order chi connectivity index (χ0) is 21.9. The summed E-state index contributed by atoms with van der Waals surface area (Å²) < 4.78 is 16.8. The van der Waals surface area contributed by atoms with E-state index in [2.05, 4.69) is 35.5 Å². The Hall–Kier alpha value is -3.59. The summed E-state index contributed by atoms with van der Waals surface area (Å²) in [6.07, 6.45) is 4.37. The van der Waals surface area contributed by atoms with Crippen LogP contribution in [0.3, 0.4) is 0 Å². The number of pyridine rings is 1. The molecule has 11 nitrogen and oxygen atoms in total. The minimum Gasteiger partial charge on any atom is -0.354 e. The lowest BCUT2D eigenvalue weighted by molar-refractivity contribution is -0.117. The van der Waals surface area contributed by atoms with Gasteiger partial charge in [-0.15, -0.1) is 10.2 Å². The topological polar surface area (TPSA) is 162 Å². The van der Waals surface area contributed by atoms with Gasteiger partial charge in [0.05, 0.1) is 25.9 Å². The van der Waals surface area contributed by atoms with Crippen molar-refractivity contribution in [2.75, 3.05) is 31.0 Å². The first kappa shape index (κ1) is 21.1. The molecule has 2 amide bonds. The number of rotatable bonds is 6. The second-order valence-electron chi connectivity index (χ2n) is 6.63. The van der Waals surface area contributed by atoms with Crippen LogP contribution in [-0.4, -0.2) is 51.6 Å². The van der Waals surface area contributed by atoms with Crippen LogP contribution in [0.1, 0.15) is 28.9 Å². The quantitative estimate of drug-likeness (QED) is 0.619. The summed E-state index contributed by atoms with van der Waals surface area (Å²) in [6, 6.07) is 4.82. The van der Waals surface area contributed by atoms with Crippen molar-refractivity contribution in [2.45, 2.75) is 17.7 Å². The molecule has 2 aromatic heterocycles. The van der Waals surface area contributed by atoms with Gasteiger partial charge < -0.3 is 16.0 Å². The van der Waals surface area contributed by atoms with Gasteiger partial charge in [-0.2, -0.15) is 5.26 Å². The molecule has 2 aromatic rings. The van der Waals surface area contributed by atoms with E-state index >= 15 is 0 Å². The Balaban J connectivity index is 2.06. The largest absolute Gasteiger partial charge is 0.354 e. The van der Waals surface area contributed by atoms with Crippen LogP contribution in [0, 0.1) is 17.2 Å². The van der Waals surface area contributed by atoms with Gasteiger partial charge in [0.2, 0.25) is 5.91 Å². The fourth-order valence-electron chi connectivity index (χ4n) is 2.52. The fraction of sp³-hybridized carbons (Fsp3) is 0.333. The van der Waals surface area contributed by atoms with E-state index < -0.39 is 15.6 Å². The molecule has 1 atom stereocenters. The number of nitrogens with one attached hydrogen (secondary N) is 3. The van der Waals surface area contributed by atoms with Gasteiger partial charge in [-0.1, -0.05) is 0 Å². The molecule has 2 heterocycles. The van der Waals surface area contributed by atoms with Gasteiger partial charge in [0, 0.05) is 38.5 Å². The molecule has 1 unspecified atom stereocenters. The van der Waals surface area contributed by atoms with Crippen LogP contribution >= 0.6 is 0 Å². The Morgan fingerprint density at radius 1 is 1.30 bits per heavy atom. The summed E-state index contributed by atoms with van der Waals surface area (Å²) in [6.45, 7) is 0. The maximum atomic E-state index is 12.9. The van der Waals surface area contributed by atoms with Crippen molar-refractivity contribution in [3.05, 3.63) is 29.6 Å². The average Bonchev–Trinajstić information content (AvgIpc) is 3.59.